The van der Waals surface area contributed by atoms with Crippen LogP contribution in [0.25, 0.3) is 0 Å². The van der Waals surface area contributed by atoms with Crippen LogP contribution in [-0.2, 0) is 4.74 Å². The molecule has 0 saturated carbocycles. The molecule has 1 aromatic carbocycles. The van der Waals surface area contributed by atoms with Crippen LogP contribution in [0.1, 0.15) is 39.3 Å². The zero-order chi connectivity index (χ0) is 13.6. The number of benzene rings is 1. The van der Waals surface area contributed by atoms with Crippen LogP contribution in [-0.4, -0.2) is 25.9 Å². The van der Waals surface area contributed by atoms with E-state index in [1.54, 1.807) is 7.11 Å². The molecule has 1 N–H and O–H groups in total. The van der Waals surface area contributed by atoms with E-state index in [9.17, 15) is 0 Å². The fourth-order valence-electron chi connectivity index (χ4n) is 1.64. The molecule has 102 valence electrons. The number of nitrogens with one attached hydrogen (secondary N) is 1. The first-order valence-corrected chi connectivity index (χ1v) is 6.43. The molecule has 1 rings (SSSR count). The second-order valence-corrected chi connectivity index (χ2v) is 5.41. The maximum atomic E-state index is 5.67. The lowest BCUT2D eigenvalue weighted by Crippen LogP contribution is -2.28. The van der Waals surface area contributed by atoms with E-state index in [-0.39, 0.29) is 5.60 Å². The summed E-state index contributed by atoms with van der Waals surface area (Å²) < 4.78 is 10.8. The van der Waals surface area contributed by atoms with E-state index >= 15 is 0 Å². The highest BCUT2D eigenvalue weighted by atomic mass is 16.5. The van der Waals surface area contributed by atoms with E-state index in [0.29, 0.717) is 6.04 Å². The van der Waals surface area contributed by atoms with Gasteiger partial charge in [-0.05, 0) is 45.4 Å². The Bertz CT molecular complexity index is 341. The van der Waals surface area contributed by atoms with Gasteiger partial charge in [-0.15, -0.1) is 0 Å². The molecule has 0 unspecified atom stereocenters. The van der Waals surface area contributed by atoms with Gasteiger partial charge in [-0.2, -0.15) is 0 Å². The van der Waals surface area contributed by atoms with Crippen LogP contribution in [0.2, 0.25) is 0 Å². The van der Waals surface area contributed by atoms with Crippen molar-refractivity contribution in [2.45, 2.75) is 39.3 Å². The van der Waals surface area contributed by atoms with E-state index in [1.807, 2.05) is 12.1 Å². The predicted octanol–water partition coefficient (Wildman–Crippen LogP) is 3.16. The standard InChI is InChI=1S/C15H25NO2/c1-12(16-10-11-18-15(2,3)4)13-6-8-14(17-5)9-7-13/h6-9,12,16H,10-11H2,1-5H3/t12-/m1/s1. The maximum Gasteiger partial charge on any atom is 0.118 e. The van der Waals surface area contributed by atoms with Crippen molar-refractivity contribution in [3.05, 3.63) is 29.8 Å². The molecule has 1 atom stereocenters. The molecule has 0 amide bonds. The molecule has 0 spiro atoms. The Morgan fingerprint density at radius 3 is 2.28 bits per heavy atom. The van der Waals surface area contributed by atoms with E-state index < -0.39 is 0 Å². The molecule has 0 aliphatic carbocycles. The molecule has 3 nitrogen and oxygen atoms in total. The first-order chi connectivity index (χ1) is 8.42. The molecular formula is C15H25NO2. The molecule has 0 aromatic heterocycles. The summed E-state index contributed by atoms with van der Waals surface area (Å²) in [5.41, 5.74) is 1.19. The molecule has 0 saturated heterocycles. The number of rotatable bonds is 6. The van der Waals surface area contributed by atoms with Crippen molar-refractivity contribution in [2.75, 3.05) is 20.3 Å². The Morgan fingerprint density at radius 2 is 1.78 bits per heavy atom. The molecule has 1 aromatic rings. The predicted molar refractivity (Wildman–Crippen MR) is 75.1 cm³/mol. The van der Waals surface area contributed by atoms with Gasteiger partial charge in [0.05, 0.1) is 19.3 Å². The summed E-state index contributed by atoms with van der Waals surface area (Å²) in [6, 6.07) is 8.46. The summed E-state index contributed by atoms with van der Waals surface area (Å²) in [5.74, 6) is 0.891. The molecule has 0 radical (unpaired) electrons. The first-order valence-electron chi connectivity index (χ1n) is 6.43. The van der Waals surface area contributed by atoms with Crippen LogP contribution < -0.4 is 10.1 Å². The Kier molecular flexibility index (Phi) is 5.63. The zero-order valence-electron chi connectivity index (χ0n) is 12.1. The fraction of sp³-hybridized carbons (Fsp3) is 0.600. The lowest BCUT2D eigenvalue weighted by molar-refractivity contribution is -0.00149. The van der Waals surface area contributed by atoms with Gasteiger partial charge in [0.25, 0.3) is 0 Å². The SMILES string of the molecule is COc1ccc([C@@H](C)NCCOC(C)(C)C)cc1. The van der Waals surface area contributed by atoms with E-state index in [4.69, 9.17) is 9.47 Å². The van der Waals surface area contributed by atoms with E-state index in [2.05, 4.69) is 45.1 Å². The van der Waals surface area contributed by atoms with Crippen molar-refractivity contribution in [1.29, 1.82) is 0 Å². The van der Waals surface area contributed by atoms with Crippen LogP contribution in [0.15, 0.2) is 24.3 Å². The Hall–Kier alpha value is -1.06. The summed E-state index contributed by atoms with van der Waals surface area (Å²) >= 11 is 0. The molecular weight excluding hydrogens is 226 g/mol. The lowest BCUT2D eigenvalue weighted by Gasteiger charge is -2.21. The second-order valence-electron chi connectivity index (χ2n) is 5.41. The van der Waals surface area contributed by atoms with Gasteiger partial charge >= 0.3 is 0 Å². The maximum absolute atomic E-state index is 5.67. The van der Waals surface area contributed by atoms with Crippen LogP contribution in [0.4, 0.5) is 0 Å². The molecule has 0 bridgehead atoms. The van der Waals surface area contributed by atoms with Crippen LogP contribution in [0.5, 0.6) is 5.75 Å². The molecule has 18 heavy (non-hydrogen) atoms. The minimum atomic E-state index is -0.0645. The molecule has 3 heteroatoms. The van der Waals surface area contributed by atoms with Crippen molar-refractivity contribution in [2.24, 2.45) is 0 Å². The molecule has 0 heterocycles. The van der Waals surface area contributed by atoms with Gasteiger partial charge < -0.3 is 14.8 Å². The van der Waals surface area contributed by atoms with Crippen molar-refractivity contribution >= 4 is 0 Å². The quantitative estimate of drug-likeness (QED) is 0.788. The van der Waals surface area contributed by atoms with Crippen molar-refractivity contribution in [3.63, 3.8) is 0 Å². The first kappa shape index (κ1) is 15.0. The lowest BCUT2D eigenvalue weighted by atomic mass is 10.1. The average molecular weight is 251 g/mol. The molecule has 0 fully saturated rings. The third-order valence-corrected chi connectivity index (χ3v) is 2.70. The van der Waals surface area contributed by atoms with Crippen molar-refractivity contribution < 1.29 is 9.47 Å². The van der Waals surface area contributed by atoms with Crippen LogP contribution >= 0.6 is 0 Å². The van der Waals surface area contributed by atoms with Gasteiger partial charge in [0.15, 0.2) is 0 Å². The minimum absolute atomic E-state index is 0.0645. The average Bonchev–Trinajstić information content (AvgIpc) is 2.33. The fourth-order valence-corrected chi connectivity index (χ4v) is 1.64. The normalized spacial score (nSPS) is 13.4. The van der Waals surface area contributed by atoms with Gasteiger partial charge in [-0.25, -0.2) is 0 Å². The summed E-state index contributed by atoms with van der Waals surface area (Å²) in [6.07, 6.45) is 0. The highest BCUT2D eigenvalue weighted by molar-refractivity contribution is 5.28. The van der Waals surface area contributed by atoms with Gasteiger partial charge in [0.1, 0.15) is 5.75 Å². The number of methoxy groups -OCH3 is 1. The van der Waals surface area contributed by atoms with Crippen molar-refractivity contribution in [3.8, 4) is 5.75 Å². The highest BCUT2D eigenvalue weighted by Crippen LogP contribution is 2.17. The summed E-state index contributed by atoms with van der Waals surface area (Å²) in [5, 5.41) is 3.44. The second kappa shape index (κ2) is 6.76. The van der Waals surface area contributed by atoms with E-state index in [1.165, 1.54) is 5.56 Å². The number of hydrogen-bond acceptors (Lipinski definition) is 3. The van der Waals surface area contributed by atoms with E-state index in [0.717, 1.165) is 18.9 Å². The number of hydrogen-bond donors (Lipinski definition) is 1. The summed E-state index contributed by atoms with van der Waals surface area (Å²) in [7, 11) is 1.68. The Labute approximate surface area is 110 Å². The summed E-state index contributed by atoms with van der Waals surface area (Å²) in [6.45, 7) is 9.94. The third-order valence-electron chi connectivity index (χ3n) is 2.70. The third kappa shape index (κ3) is 5.52. The van der Waals surface area contributed by atoms with Crippen LogP contribution in [0, 0.1) is 0 Å². The monoisotopic (exact) mass is 251 g/mol. The van der Waals surface area contributed by atoms with Gasteiger partial charge in [-0.1, -0.05) is 12.1 Å². The topological polar surface area (TPSA) is 30.5 Å². The van der Waals surface area contributed by atoms with Gasteiger partial charge in [-0.3, -0.25) is 0 Å². The van der Waals surface area contributed by atoms with Gasteiger partial charge in [0, 0.05) is 12.6 Å². The number of ether oxygens (including phenoxy) is 2. The smallest absolute Gasteiger partial charge is 0.118 e. The van der Waals surface area contributed by atoms with Crippen LogP contribution in [0.3, 0.4) is 0 Å². The molecule has 0 aliphatic heterocycles. The zero-order valence-corrected chi connectivity index (χ0v) is 12.1. The van der Waals surface area contributed by atoms with Gasteiger partial charge in [0.2, 0.25) is 0 Å². The Morgan fingerprint density at radius 1 is 1.17 bits per heavy atom. The molecule has 0 aliphatic rings. The minimum Gasteiger partial charge on any atom is -0.497 e. The largest absolute Gasteiger partial charge is 0.497 e. The van der Waals surface area contributed by atoms with Crippen molar-refractivity contribution in [1.82, 2.24) is 5.32 Å². The summed E-state index contributed by atoms with van der Waals surface area (Å²) in [4.78, 5) is 0. The highest BCUT2D eigenvalue weighted by Gasteiger charge is 2.10. The Balaban J connectivity index is 2.33.